The van der Waals surface area contributed by atoms with Crippen LogP contribution >= 0.6 is 15.9 Å². The van der Waals surface area contributed by atoms with Gasteiger partial charge in [-0.25, -0.2) is 4.98 Å². The Labute approximate surface area is 72.4 Å². The number of halogens is 1. The minimum Gasteiger partial charge on any atom is -0.441 e. The van der Waals surface area contributed by atoms with Crippen molar-refractivity contribution in [3.05, 3.63) is 35.5 Å². The fraction of sp³-hybridized carbons (Fsp3) is 0. The second kappa shape index (κ2) is 2.34. The zero-order valence-electron chi connectivity index (χ0n) is 5.67. The van der Waals surface area contributed by atoms with Gasteiger partial charge in [0, 0.05) is 11.4 Å². The zero-order chi connectivity index (χ0) is 7.84. The molecule has 0 spiro atoms. The molecular formula is C8H5BrNO. The van der Waals surface area contributed by atoms with Crippen molar-refractivity contribution in [2.45, 2.75) is 0 Å². The van der Waals surface area contributed by atoms with Crippen molar-refractivity contribution in [3.63, 3.8) is 0 Å². The van der Waals surface area contributed by atoms with Gasteiger partial charge in [0.2, 0.25) is 0 Å². The van der Waals surface area contributed by atoms with E-state index in [2.05, 4.69) is 27.8 Å². The molecule has 11 heavy (non-hydrogen) atoms. The molecule has 1 aromatic carbocycles. The minimum atomic E-state index is 0.457. The Bertz CT molecular complexity index is 394. The molecule has 0 unspecified atom stereocenters. The van der Waals surface area contributed by atoms with Crippen LogP contribution in [0.3, 0.4) is 0 Å². The van der Waals surface area contributed by atoms with Gasteiger partial charge in [0.1, 0.15) is 5.52 Å². The van der Waals surface area contributed by atoms with Crippen LogP contribution in [0.4, 0.5) is 0 Å². The van der Waals surface area contributed by atoms with Gasteiger partial charge in [0.05, 0.1) is 0 Å². The molecule has 0 fully saturated rings. The third-order valence-corrected chi connectivity index (χ3v) is 1.89. The number of hydrogen-bond acceptors (Lipinski definition) is 2. The Morgan fingerprint density at radius 3 is 3.09 bits per heavy atom. The molecule has 0 aliphatic rings. The number of aromatic nitrogens is 1. The molecule has 0 amide bonds. The summed E-state index contributed by atoms with van der Waals surface area (Å²) in [6, 6.07) is 5.68. The van der Waals surface area contributed by atoms with Crippen LogP contribution in [0.25, 0.3) is 11.1 Å². The zero-order valence-corrected chi connectivity index (χ0v) is 7.26. The highest BCUT2D eigenvalue weighted by Gasteiger charge is 2.00. The van der Waals surface area contributed by atoms with Crippen LogP contribution in [0.15, 0.2) is 27.1 Å². The van der Waals surface area contributed by atoms with Gasteiger partial charge >= 0.3 is 0 Å². The van der Waals surface area contributed by atoms with Crippen LogP contribution in [0.2, 0.25) is 0 Å². The SMILES string of the molecule is [CH2]c1nc2ccc(Br)cc2o1. The number of fused-ring (bicyclic) bond motifs is 1. The quantitative estimate of drug-likeness (QED) is 0.669. The summed E-state index contributed by atoms with van der Waals surface area (Å²) >= 11 is 3.33. The fourth-order valence-electron chi connectivity index (χ4n) is 0.946. The molecule has 0 N–H and O–H groups in total. The summed E-state index contributed by atoms with van der Waals surface area (Å²) in [5, 5.41) is 0. The minimum absolute atomic E-state index is 0.457. The Kier molecular flexibility index (Phi) is 1.46. The van der Waals surface area contributed by atoms with Gasteiger partial charge in [0.15, 0.2) is 11.5 Å². The maximum Gasteiger partial charge on any atom is 0.195 e. The maximum absolute atomic E-state index is 5.20. The smallest absolute Gasteiger partial charge is 0.195 e. The molecule has 0 aliphatic carbocycles. The molecule has 55 valence electrons. The molecule has 2 rings (SSSR count). The molecule has 0 aliphatic heterocycles. The van der Waals surface area contributed by atoms with E-state index in [1.54, 1.807) is 0 Å². The molecule has 2 aromatic rings. The van der Waals surface area contributed by atoms with E-state index >= 15 is 0 Å². The van der Waals surface area contributed by atoms with Crippen LogP contribution in [0.5, 0.6) is 0 Å². The van der Waals surface area contributed by atoms with Crippen molar-refractivity contribution in [3.8, 4) is 0 Å². The average molecular weight is 211 g/mol. The molecule has 0 bridgehead atoms. The summed E-state index contributed by atoms with van der Waals surface area (Å²) in [5.41, 5.74) is 1.61. The summed E-state index contributed by atoms with van der Waals surface area (Å²) in [4.78, 5) is 4.06. The molecule has 2 nitrogen and oxygen atoms in total. The third-order valence-electron chi connectivity index (χ3n) is 1.39. The van der Waals surface area contributed by atoms with Gasteiger partial charge in [0.25, 0.3) is 0 Å². The van der Waals surface area contributed by atoms with Gasteiger partial charge in [-0.05, 0) is 18.2 Å². The van der Waals surface area contributed by atoms with Crippen molar-refractivity contribution in [1.82, 2.24) is 4.98 Å². The van der Waals surface area contributed by atoms with Crippen LogP contribution in [0.1, 0.15) is 5.89 Å². The van der Waals surface area contributed by atoms with Gasteiger partial charge in [-0.15, -0.1) is 0 Å². The lowest BCUT2D eigenvalue weighted by Crippen LogP contribution is -1.67. The van der Waals surface area contributed by atoms with E-state index in [-0.39, 0.29) is 0 Å². The number of benzene rings is 1. The second-order valence-corrected chi connectivity index (χ2v) is 3.14. The summed E-state index contributed by atoms with van der Waals surface area (Å²) in [6.45, 7) is 3.59. The Balaban J connectivity index is 2.82. The van der Waals surface area contributed by atoms with Crippen molar-refractivity contribution in [1.29, 1.82) is 0 Å². The highest BCUT2D eigenvalue weighted by atomic mass is 79.9. The number of hydrogen-bond donors (Lipinski definition) is 0. The van der Waals surface area contributed by atoms with E-state index in [1.807, 2.05) is 18.2 Å². The first-order chi connectivity index (χ1) is 5.25. The second-order valence-electron chi connectivity index (χ2n) is 2.22. The standard InChI is InChI=1S/C8H5BrNO/c1-5-10-7-3-2-6(9)4-8(7)11-5/h2-4H,1H2. The van der Waals surface area contributed by atoms with Crippen LogP contribution in [0, 0.1) is 6.92 Å². The van der Waals surface area contributed by atoms with E-state index in [1.165, 1.54) is 0 Å². The Morgan fingerprint density at radius 2 is 2.27 bits per heavy atom. The molecule has 1 aromatic heterocycles. The largest absolute Gasteiger partial charge is 0.441 e. The first kappa shape index (κ1) is 6.85. The maximum atomic E-state index is 5.20. The van der Waals surface area contributed by atoms with E-state index in [0.29, 0.717) is 5.89 Å². The molecule has 0 atom stereocenters. The predicted molar refractivity (Wildman–Crippen MR) is 46.2 cm³/mol. The third kappa shape index (κ3) is 1.16. The molecule has 1 radical (unpaired) electrons. The number of oxazole rings is 1. The number of nitrogens with zero attached hydrogens (tertiary/aromatic N) is 1. The highest BCUT2D eigenvalue weighted by Crippen LogP contribution is 2.19. The normalized spacial score (nSPS) is 10.7. The van der Waals surface area contributed by atoms with Crippen molar-refractivity contribution in [2.24, 2.45) is 0 Å². The van der Waals surface area contributed by atoms with E-state index in [4.69, 9.17) is 4.42 Å². The van der Waals surface area contributed by atoms with E-state index in [0.717, 1.165) is 15.6 Å². The van der Waals surface area contributed by atoms with E-state index in [9.17, 15) is 0 Å². The van der Waals surface area contributed by atoms with Gasteiger partial charge in [-0.1, -0.05) is 15.9 Å². The Morgan fingerprint density at radius 1 is 1.45 bits per heavy atom. The van der Waals surface area contributed by atoms with Crippen molar-refractivity contribution in [2.75, 3.05) is 0 Å². The average Bonchev–Trinajstić information content (AvgIpc) is 2.27. The van der Waals surface area contributed by atoms with Gasteiger partial charge < -0.3 is 4.42 Å². The fourth-order valence-corrected chi connectivity index (χ4v) is 1.29. The molecule has 1 heterocycles. The predicted octanol–water partition coefficient (Wildman–Crippen LogP) is 2.77. The monoisotopic (exact) mass is 210 g/mol. The molecule has 0 saturated heterocycles. The topological polar surface area (TPSA) is 26.0 Å². The first-order valence-corrected chi connectivity index (χ1v) is 3.93. The van der Waals surface area contributed by atoms with Crippen molar-refractivity contribution >= 4 is 27.0 Å². The lowest BCUT2D eigenvalue weighted by Gasteiger charge is -1.86. The van der Waals surface area contributed by atoms with Crippen LogP contribution in [-0.4, -0.2) is 4.98 Å². The lowest BCUT2D eigenvalue weighted by atomic mass is 10.3. The van der Waals surface area contributed by atoms with Gasteiger partial charge in [-0.2, -0.15) is 0 Å². The summed E-state index contributed by atoms with van der Waals surface area (Å²) in [6.07, 6.45) is 0. The highest BCUT2D eigenvalue weighted by molar-refractivity contribution is 9.10. The van der Waals surface area contributed by atoms with E-state index < -0.39 is 0 Å². The van der Waals surface area contributed by atoms with Crippen molar-refractivity contribution < 1.29 is 4.42 Å². The first-order valence-electron chi connectivity index (χ1n) is 3.14. The molecule has 3 heteroatoms. The lowest BCUT2D eigenvalue weighted by molar-refractivity contribution is 0.579. The summed E-state index contributed by atoms with van der Waals surface area (Å²) in [5.74, 6) is 0.457. The number of rotatable bonds is 0. The Hall–Kier alpha value is -0.830. The van der Waals surface area contributed by atoms with Crippen LogP contribution < -0.4 is 0 Å². The molecular weight excluding hydrogens is 206 g/mol. The molecule has 0 saturated carbocycles. The van der Waals surface area contributed by atoms with Gasteiger partial charge in [-0.3, -0.25) is 0 Å². The summed E-state index contributed by atoms with van der Waals surface area (Å²) in [7, 11) is 0. The van der Waals surface area contributed by atoms with Crippen LogP contribution in [-0.2, 0) is 0 Å². The summed E-state index contributed by atoms with van der Waals surface area (Å²) < 4.78 is 6.18.